The van der Waals surface area contributed by atoms with Gasteiger partial charge in [0.15, 0.2) is 0 Å². The molecule has 1 heterocycles. The Balaban J connectivity index is 1.84. The third-order valence-electron chi connectivity index (χ3n) is 3.42. The summed E-state index contributed by atoms with van der Waals surface area (Å²) in [7, 11) is 0. The normalized spacial score (nSPS) is 25.9. The van der Waals surface area contributed by atoms with Gasteiger partial charge >= 0.3 is 0 Å². The maximum atomic E-state index is 5.81. The molecule has 1 saturated carbocycles. The predicted octanol–water partition coefficient (Wildman–Crippen LogP) is 2.06. The van der Waals surface area contributed by atoms with Crippen LogP contribution in [0.5, 0.6) is 0 Å². The summed E-state index contributed by atoms with van der Waals surface area (Å²) in [5.74, 6) is 0.661. The summed E-state index contributed by atoms with van der Waals surface area (Å²) in [6, 6.07) is 0.598. The van der Waals surface area contributed by atoms with Crippen molar-refractivity contribution in [3.8, 4) is 0 Å². The topological polar surface area (TPSA) is 50.9 Å². The van der Waals surface area contributed by atoms with Gasteiger partial charge in [0.05, 0.1) is 10.7 Å². The van der Waals surface area contributed by atoms with Crippen LogP contribution in [0.2, 0.25) is 0 Å². The maximum Gasteiger partial charge on any atom is 0.0897 e. The Bertz CT molecular complexity index is 324. The molecule has 1 aromatic heterocycles. The van der Waals surface area contributed by atoms with Crippen LogP contribution in [0.25, 0.3) is 0 Å². The van der Waals surface area contributed by atoms with Crippen molar-refractivity contribution in [2.75, 3.05) is 6.54 Å². The number of thiazole rings is 1. The lowest BCUT2D eigenvalue weighted by atomic mass is 9.84. The molecule has 3 N–H and O–H groups in total. The molecule has 1 aliphatic carbocycles. The zero-order valence-electron chi connectivity index (χ0n) is 9.91. The van der Waals surface area contributed by atoms with Crippen LogP contribution in [0.1, 0.15) is 36.4 Å². The molecule has 0 bridgehead atoms. The fraction of sp³-hybridized carbons (Fsp3) is 0.750. The van der Waals surface area contributed by atoms with Crippen molar-refractivity contribution in [2.45, 2.75) is 45.2 Å². The summed E-state index contributed by atoms with van der Waals surface area (Å²) in [6.07, 6.45) is 5.23. The summed E-state index contributed by atoms with van der Waals surface area (Å²) in [5.41, 5.74) is 6.98. The van der Waals surface area contributed by atoms with Gasteiger partial charge in [-0.2, -0.15) is 0 Å². The fourth-order valence-electron chi connectivity index (χ4n) is 2.48. The molecular formula is C12H21N3S. The lowest BCUT2D eigenvalue weighted by Gasteiger charge is -2.31. The van der Waals surface area contributed by atoms with E-state index in [9.17, 15) is 0 Å². The highest BCUT2D eigenvalue weighted by molar-refractivity contribution is 7.09. The van der Waals surface area contributed by atoms with Crippen molar-refractivity contribution in [3.63, 3.8) is 0 Å². The highest BCUT2D eigenvalue weighted by Gasteiger charge is 2.23. The zero-order valence-corrected chi connectivity index (χ0v) is 10.7. The first-order valence-electron chi connectivity index (χ1n) is 6.14. The van der Waals surface area contributed by atoms with Crippen LogP contribution in [0.3, 0.4) is 0 Å². The van der Waals surface area contributed by atoms with Crippen molar-refractivity contribution in [1.82, 2.24) is 10.3 Å². The molecule has 2 rings (SSSR count). The number of nitrogens with one attached hydrogen (secondary N) is 1. The van der Waals surface area contributed by atoms with Gasteiger partial charge in [-0.1, -0.05) is 12.8 Å². The molecule has 1 aromatic rings. The monoisotopic (exact) mass is 239 g/mol. The molecular weight excluding hydrogens is 218 g/mol. The molecule has 0 radical (unpaired) electrons. The number of aromatic nitrogens is 1. The molecule has 3 nitrogen and oxygen atoms in total. The highest BCUT2D eigenvalue weighted by atomic mass is 32.1. The largest absolute Gasteiger partial charge is 0.330 e. The van der Waals surface area contributed by atoms with Crippen LogP contribution >= 0.6 is 11.3 Å². The second-order valence-electron chi connectivity index (χ2n) is 4.63. The molecule has 2 atom stereocenters. The Morgan fingerprint density at radius 3 is 3.00 bits per heavy atom. The van der Waals surface area contributed by atoms with Crippen molar-refractivity contribution >= 4 is 11.3 Å². The number of hydrogen-bond donors (Lipinski definition) is 2. The van der Waals surface area contributed by atoms with E-state index in [1.165, 1.54) is 31.4 Å². The Morgan fingerprint density at radius 1 is 1.50 bits per heavy atom. The number of hydrogen-bond acceptors (Lipinski definition) is 4. The minimum Gasteiger partial charge on any atom is -0.330 e. The average molecular weight is 239 g/mol. The van der Waals surface area contributed by atoms with Gasteiger partial charge in [-0.15, -0.1) is 11.3 Å². The zero-order chi connectivity index (χ0) is 11.4. The molecule has 4 heteroatoms. The molecule has 1 fully saturated rings. The Hall–Kier alpha value is -0.450. The first kappa shape index (κ1) is 12.0. The molecule has 16 heavy (non-hydrogen) atoms. The molecule has 90 valence electrons. The van der Waals surface area contributed by atoms with E-state index in [0.717, 1.165) is 18.1 Å². The van der Waals surface area contributed by atoms with Crippen molar-refractivity contribution in [2.24, 2.45) is 11.7 Å². The standard InChI is InChI=1S/C12H21N3S/c1-9-15-11(8-16-9)7-14-12-5-3-2-4-10(12)6-13/h8,10,12,14H,2-7,13H2,1H3. The highest BCUT2D eigenvalue weighted by Crippen LogP contribution is 2.23. The molecule has 0 spiro atoms. The third-order valence-corrected chi connectivity index (χ3v) is 4.25. The summed E-state index contributed by atoms with van der Waals surface area (Å²) in [6.45, 7) is 3.76. The van der Waals surface area contributed by atoms with Crippen LogP contribution in [-0.2, 0) is 6.54 Å². The van der Waals surface area contributed by atoms with Crippen molar-refractivity contribution in [3.05, 3.63) is 16.1 Å². The van der Waals surface area contributed by atoms with E-state index >= 15 is 0 Å². The van der Waals surface area contributed by atoms with E-state index < -0.39 is 0 Å². The number of nitrogens with zero attached hydrogens (tertiary/aromatic N) is 1. The smallest absolute Gasteiger partial charge is 0.0897 e. The molecule has 0 aliphatic heterocycles. The summed E-state index contributed by atoms with van der Waals surface area (Å²) < 4.78 is 0. The fourth-order valence-corrected chi connectivity index (χ4v) is 3.10. The number of rotatable bonds is 4. The van der Waals surface area contributed by atoms with E-state index in [2.05, 4.69) is 22.6 Å². The van der Waals surface area contributed by atoms with Crippen LogP contribution in [-0.4, -0.2) is 17.6 Å². The average Bonchev–Trinajstić information content (AvgIpc) is 2.73. The van der Waals surface area contributed by atoms with E-state index in [1.807, 2.05) is 0 Å². The summed E-state index contributed by atoms with van der Waals surface area (Å²) >= 11 is 1.72. The van der Waals surface area contributed by atoms with Crippen molar-refractivity contribution in [1.29, 1.82) is 0 Å². The quantitative estimate of drug-likeness (QED) is 0.845. The second-order valence-corrected chi connectivity index (χ2v) is 5.69. The lowest BCUT2D eigenvalue weighted by Crippen LogP contribution is -2.41. The Kier molecular flexibility index (Phi) is 4.32. The minimum atomic E-state index is 0.598. The van der Waals surface area contributed by atoms with Gasteiger partial charge in [0.1, 0.15) is 0 Å². The molecule has 0 aromatic carbocycles. The van der Waals surface area contributed by atoms with Crippen LogP contribution in [0, 0.1) is 12.8 Å². The second kappa shape index (κ2) is 5.75. The SMILES string of the molecule is Cc1nc(CNC2CCCCC2CN)cs1. The first-order chi connectivity index (χ1) is 7.79. The van der Waals surface area contributed by atoms with Crippen LogP contribution in [0.4, 0.5) is 0 Å². The van der Waals surface area contributed by atoms with Crippen LogP contribution in [0.15, 0.2) is 5.38 Å². The van der Waals surface area contributed by atoms with E-state index in [1.54, 1.807) is 11.3 Å². The molecule has 0 saturated heterocycles. The maximum absolute atomic E-state index is 5.81. The van der Waals surface area contributed by atoms with Gasteiger partial charge in [-0.25, -0.2) is 4.98 Å². The van der Waals surface area contributed by atoms with E-state index in [4.69, 9.17) is 5.73 Å². The third kappa shape index (κ3) is 3.03. The van der Waals surface area contributed by atoms with E-state index in [-0.39, 0.29) is 0 Å². The Morgan fingerprint density at radius 2 is 2.31 bits per heavy atom. The van der Waals surface area contributed by atoms with Crippen molar-refractivity contribution < 1.29 is 0 Å². The lowest BCUT2D eigenvalue weighted by molar-refractivity contribution is 0.266. The predicted molar refractivity (Wildman–Crippen MR) is 68.5 cm³/mol. The summed E-state index contributed by atoms with van der Waals surface area (Å²) in [4.78, 5) is 4.47. The van der Waals surface area contributed by atoms with Gasteiger partial charge in [0.25, 0.3) is 0 Å². The van der Waals surface area contributed by atoms with Gasteiger partial charge < -0.3 is 11.1 Å². The summed E-state index contributed by atoms with van der Waals surface area (Å²) in [5, 5.41) is 6.91. The van der Waals surface area contributed by atoms with E-state index in [0.29, 0.717) is 12.0 Å². The van der Waals surface area contributed by atoms with Crippen LogP contribution < -0.4 is 11.1 Å². The number of nitrogens with two attached hydrogens (primary N) is 1. The van der Waals surface area contributed by atoms with Gasteiger partial charge in [-0.3, -0.25) is 0 Å². The number of aryl methyl sites for hydroxylation is 1. The van der Waals surface area contributed by atoms with Gasteiger partial charge in [0.2, 0.25) is 0 Å². The molecule has 1 aliphatic rings. The Labute approximate surface area is 101 Å². The van der Waals surface area contributed by atoms with Gasteiger partial charge in [0, 0.05) is 18.0 Å². The first-order valence-corrected chi connectivity index (χ1v) is 7.02. The molecule has 2 unspecified atom stereocenters. The molecule has 0 amide bonds. The van der Waals surface area contributed by atoms with Gasteiger partial charge in [-0.05, 0) is 32.2 Å². The minimum absolute atomic E-state index is 0.598.